The number of piperidine rings is 2. The fourth-order valence-electron chi connectivity index (χ4n) is 5.11. The maximum Gasteiger partial charge on any atom is 0.393 e. The molecule has 2 fully saturated rings. The Morgan fingerprint density at radius 2 is 1.78 bits per heavy atom. The van der Waals surface area contributed by atoms with Gasteiger partial charge in [-0.25, -0.2) is 9.97 Å². The lowest BCUT2D eigenvalue weighted by atomic mass is 9.92. The van der Waals surface area contributed by atoms with Gasteiger partial charge in [0, 0.05) is 37.1 Å². The van der Waals surface area contributed by atoms with Gasteiger partial charge in [-0.2, -0.15) is 13.2 Å². The first-order valence-corrected chi connectivity index (χ1v) is 12.2. The van der Waals surface area contributed by atoms with E-state index in [9.17, 15) is 13.2 Å². The van der Waals surface area contributed by atoms with Gasteiger partial charge in [-0.3, -0.25) is 0 Å². The summed E-state index contributed by atoms with van der Waals surface area (Å²) < 4.78 is 39.4. The minimum absolute atomic E-state index is 0.158. The van der Waals surface area contributed by atoms with Gasteiger partial charge in [0.1, 0.15) is 17.0 Å². The van der Waals surface area contributed by atoms with Crippen molar-refractivity contribution in [1.82, 2.24) is 14.9 Å². The van der Waals surface area contributed by atoms with Gasteiger partial charge >= 0.3 is 6.18 Å². The number of fused-ring (bicyclic) bond motifs is 1. The summed E-state index contributed by atoms with van der Waals surface area (Å²) >= 11 is 1.64. The maximum atomic E-state index is 13.1. The molecule has 2 aliphatic rings. The van der Waals surface area contributed by atoms with Crippen molar-refractivity contribution in [3.63, 3.8) is 0 Å². The second kappa shape index (κ2) is 8.98. The fraction of sp³-hybridized carbons (Fsp3) is 0.500. The Hall–Kier alpha value is -2.19. The molecule has 0 spiro atoms. The number of anilines is 1. The summed E-state index contributed by atoms with van der Waals surface area (Å²) in [6, 6.07) is 10.3. The molecule has 0 radical (unpaired) electrons. The van der Waals surface area contributed by atoms with E-state index in [1.807, 2.05) is 23.1 Å². The van der Waals surface area contributed by atoms with Crippen LogP contribution >= 0.6 is 11.3 Å². The van der Waals surface area contributed by atoms with Gasteiger partial charge in [0.15, 0.2) is 0 Å². The second-order valence-corrected chi connectivity index (χ2v) is 9.82. The van der Waals surface area contributed by atoms with Crippen molar-refractivity contribution in [3.05, 3.63) is 42.0 Å². The third kappa shape index (κ3) is 4.48. The molecule has 0 aliphatic carbocycles. The van der Waals surface area contributed by atoms with E-state index in [-0.39, 0.29) is 13.0 Å². The smallest absolute Gasteiger partial charge is 0.356 e. The van der Waals surface area contributed by atoms with Crippen LogP contribution in [0.2, 0.25) is 0 Å². The molecule has 4 heterocycles. The van der Waals surface area contributed by atoms with Crippen LogP contribution in [0.25, 0.3) is 21.3 Å². The molecule has 1 atom stereocenters. The third-order valence-corrected chi connectivity index (χ3v) is 7.72. The molecule has 4 nitrogen and oxygen atoms in total. The lowest BCUT2D eigenvalue weighted by Gasteiger charge is -2.39. The molecule has 2 aliphatic heterocycles. The molecule has 5 rings (SSSR count). The molecule has 0 amide bonds. The molecular weight excluding hydrogens is 433 g/mol. The number of hydrogen-bond donors (Lipinski definition) is 0. The average molecular weight is 461 g/mol. The lowest BCUT2D eigenvalue weighted by Crippen LogP contribution is -2.45. The van der Waals surface area contributed by atoms with E-state index in [1.165, 1.54) is 0 Å². The van der Waals surface area contributed by atoms with Gasteiger partial charge in [-0.15, -0.1) is 11.3 Å². The number of halogens is 3. The molecule has 1 unspecified atom stereocenters. The van der Waals surface area contributed by atoms with Gasteiger partial charge in [0.2, 0.25) is 0 Å². The van der Waals surface area contributed by atoms with E-state index >= 15 is 0 Å². The summed E-state index contributed by atoms with van der Waals surface area (Å²) in [7, 11) is 0. The zero-order chi connectivity index (χ0) is 22.1. The van der Waals surface area contributed by atoms with Crippen molar-refractivity contribution in [2.24, 2.45) is 11.8 Å². The van der Waals surface area contributed by atoms with Crippen molar-refractivity contribution in [2.45, 2.75) is 31.9 Å². The molecule has 2 saturated heterocycles. The minimum Gasteiger partial charge on any atom is -0.356 e. The Bertz CT molecular complexity index is 1040. The predicted molar refractivity (Wildman–Crippen MR) is 123 cm³/mol. The summed E-state index contributed by atoms with van der Waals surface area (Å²) in [5.41, 5.74) is 2.32. The Morgan fingerprint density at radius 3 is 2.53 bits per heavy atom. The zero-order valence-electron chi connectivity index (χ0n) is 17.9. The summed E-state index contributed by atoms with van der Waals surface area (Å²) in [5.74, 6) is 0.246. The van der Waals surface area contributed by atoms with Crippen molar-refractivity contribution in [2.75, 3.05) is 37.6 Å². The molecule has 1 aromatic carbocycles. The number of hydrogen-bond acceptors (Lipinski definition) is 5. The fourth-order valence-corrected chi connectivity index (χ4v) is 6.02. The van der Waals surface area contributed by atoms with Crippen LogP contribution in [0.1, 0.15) is 25.7 Å². The standard InChI is InChI=1S/C24H27F3N4S/c25-24(26,27)19-7-4-10-30(14-19)13-17-8-11-31(12-9-17)22-21-20(18-5-2-1-3-6-18)15-32-23(21)29-16-28-22/h1-3,5-6,15-17,19H,4,7-14H2. The highest BCUT2D eigenvalue weighted by molar-refractivity contribution is 7.17. The van der Waals surface area contributed by atoms with E-state index in [0.29, 0.717) is 12.3 Å². The highest BCUT2D eigenvalue weighted by Gasteiger charge is 2.42. The first kappa shape index (κ1) is 21.6. The number of thiophene rings is 1. The highest BCUT2D eigenvalue weighted by Crippen LogP contribution is 2.39. The summed E-state index contributed by atoms with van der Waals surface area (Å²) in [5, 5.41) is 3.25. The molecule has 170 valence electrons. The normalized spacial score (nSPS) is 21.3. The number of likely N-dealkylation sites (tertiary alicyclic amines) is 1. The number of aromatic nitrogens is 2. The zero-order valence-corrected chi connectivity index (χ0v) is 18.7. The van der Waals surface area contributed by atoms with Gasteiger partial charge in [0.05, 0.1) is 11.3 Å². The highest BCUT2D eigenvalue weighted by atomic mass is 32.1. The molecule has 0 saturated carbocycles. The first-order chi connectivity index (χ1) is 15.5. The average Bonchev–Trinajstić information content (AvgIpc) is 3.24. The van der Waals surface area contributed by atoms with E-state index in [4.69, 9.17) is 0 Å². The summed E-state index contributed by atoms with van der Waals surface area (Å²) in [6.07, 6.45) is 0.430. The van der Waals surface area contributed by atoms with Crippen LogP contribution in [0.15, 0.2) is 42.0 Å². The molecule has 8 heteroatoms. The second-order valence-electron chi connectivity index (χ2n) is 8.96. The van der Waals surface area contributed by atoms with Crippen molar-refractivity contribution in [1.29, 1.82) is 0 Å². The number of rotatable bonds is 4. The van der Waals surface area contributed by atoms with Crippen molar-refractivity contribution < 1.29 is 13.2 Å². The van der Waals surface area contributed by atoms with Crippen LogP contribution in [0.4, 0.5) is 19.0 Å². The van der Waals surface area contributed by atoms with E-state index in [0.717, 1.165) is 66.2 Å². The number of alkyl halides is 3. The summed E-state index contributed by atoms with van der Waals surface area (Å²) in [6.45, 7) is 3.46. The molecular formula is C24H27F3N4S. The first-order valence-electron chi connectivity index (χ1n) is 11.3. The summed E-state index contributed by atoms with van der Waals surface area (Å²) in [4.78, 5) is 14.5. The van der Waals surface area contributed by atoms with Crippen LogP contribution in [-0.2, 0) is 0 Å². The molecule has 32 heavy (non-hydrogen) atoms. The van der Waals surface area contributed by atoms with Crippen LogP contribution in [0, 0.1) is 11.8 Å². The third-order valence-electron chi connectivity index (χ3n) is 6.83. The van der Waals surface area contributed by atoms with Crippen LogP contribution in [0.5, 0.6) is 0 Å². The largest absolute Gasteiger partial charge is 0.393 e. The monoisotopic (exact) mass is 460 g/mol. The van der Waals surface area contributed by atoms with Gasteiger partial charge in [-0.1, -0.05) is 30.3 Å². The Balaban J connectivity index is 1.27. The quantitative estimate of drug-likeness (QED) is 0.489. The lowest BCUT2D eigenvalue weighted by molar-refractivity contribution is -0.187. The molecule has 0 bridgehead atoms. The van der Waals surface area contributed by atoms with Crippen LogP contribution in [0.3, 0.4) is 0 Å². The van der Waals surface area contributed by atoms with E-state index < -0.39 is 12.1 Å². The minimum atomic E-state index is -4.07. The topological polar surface area (TPSA) is 32.3 Å². The molecule has 3 aromatic rings. The van der Waals surface area contributed by atoms with Crippen LogP contribution < -0.4 is 4.90 Å². The Morgan fingerprint density at radius 1 is 1.00 bits per heavy atom. The van der Waals surface area contributed by atoms with Crippen molar-refractivity contribution >= 4 is 27.4 Å². The maximum absolute atomic E-state index is 13.1. The SMILES string of the molecule is FC(F)(F)C1CCCN(CC2CCN(c3ncnc4scc(-c5ccccc5)c34)CC2)C1. The van der Waals surface area contributed by atoms with Crippen LogP contribution in [-0.4, -0.2) is 53.8 Å². The predicted octanol–water partition coefficient (Wildman–Crippen LogP) is 5.85. The van der Waals surface area contributed by atoms with E-state index in [1.54, 1.807) is 17.7 Å². The Labute approximate surface area is 190 Å². The molecule has 0 N–H and O–H groups in total. The number of nitrogens with zero attached hydrogens (tertiary/aromatic N) is 4. The Kier molecular flexibility index (Phi) is 6.07. The van der Waals surface area contributed by atoms with Crippen molar-refractivity contribution in [3.8, 4) is 11.1 Å². The number of benzene rings is 1. The van der Waals surface area contributed by atoms with Gasteiger partial charge in [-0.05, 0) is 43.7 Å². The van der Waals surface area contributed by atoms with Gasteiger partial charge in [0.25, 0.3) is 0 Å². The van der Waals surface area contributed by atoms with E-state index in [2.05, 4.69) is 32.4 Å². The van der Waals surface area contributed by atoms with Gasteiger partial charge < -0.3 is 9.80 Å². The molecule has 2 aromatic heterocycles.